The molecule has 0 fully saturated rings. The van der Waals surface area contributed by atoms with Gasteiger partial charge in [-0.3, -0.25) is 0 Å². The molecule has 0 aliphatic carbocycles. The van der Waals surface area contributed by atoms with Gasteiger partial charge in [-0.2, -0.15) is 0 Å². The summed E-state index contributed by atoms with van der Waals surface area (Å²) in [7, 11) is 0. The van der Waals surface area contributed by atoms with Gasteiger partial charge in [0.1, 0.15) is 0 Å². The minimum Gasteiger partial charge on any atom is -0.813 e. The average Bonchev–Trinajstić information content (AvgIpc) is 2.99. The quantitative estimate of drug-likeness (QED) is 0.134. The monoisotopic (exact) mass is 478 g/mol. The molecule has 2 heterocycles. The molecule has 2 aromatic carbocycles. The minimum absolute atomic E-state index is 0. The van der Waals surface area contributed by atoms with Crippen molar-refractivity contribution in [2.45, 2.75) is 0 Å². The maximum atomic E-state index is 4.90. The number of hydrogen-bond acceptors (Lipinski definition) is 4. The summed E-state index contributed by atoms with van der Waals surface area (Å²) in [6.45, 7) is 0. The van der Waals surface area contributed by atoms with E-state index in [4.69, 9.17) is 24.4 Å². The van der Waals surface area contributed by atoms with Crippen LogP contribution in [0.4, 0.5) is 0 Å². The molecule has 4 rings (SSSR count). The Bertz CT molecular complexity index is 821. The van der Waals surface area contributed by atoms with Crippen molar-refractivity contribution in [3.63, 3.8) is 0 Å². The van der Waals surface area contributed by atoms with Gasteiger partial charge in [0.25, 0.3) is 0 Å². The van der Waals surface area contributed by atoms with Crippen LogP contribution in [0.25, 0.3) is 22.1 Å². The molecule has 0 aliphatic rings. The Balaban J connectivity index is 0. The van der Waals surface area contributed by atoms with E-state index in [1.165, 1.54) is 0 Å². The summed E-state index contributed by atoms with van der Waals surface area (Å²) in [4.78, 5) is 12.1. The number of para-hydroxylation sites is 4. The third-order valence-corrected chi connectivity index (χ3v) is 3.26. The summed E-state index contributed by atoms with van der Waals surface area (Å²) in [6.07, 6.45) is 0. The number of thiol groups is 2. The van der Waals surface area contributed by atoms with E-state index in [2.05, 4.69) is 19.9 Å². The molecule has 0 amide bonds. The molecular formula is C14H14Fe2N4S4. The van der Waals surface area contributed by atoms with E-state index < -0.39 is 0 Å². The molecule has 10 heteroatoms. The van der Waals surface area contributed by atoms with Crippen LogP contribution in [0.1, 0.15) is 0 Å². The standard InChI is InChI=1S/2C7H6N2S.2Fe.2H2S/c2*10-7-8-5-3-1-2-4-6(5)9-7;;;;/h2*1-4H,(H2,8,9,10);;;2*1H2/q;;;+2;;/p-2. The summed E-state index contributed by atoms with van der Waals surface area (Å²) in [5.41, 5.74) is 4.25. The zero-order chi connectivity index (χ0) is 13.9. The van der Waals surface area contributed by atoms with Gasteiger partial charge in [0.2, 0.25) is 0 Å². The van der Waals surface area contributed by atoms with Crippen molar-refractivity contribution in [1.82, 2.24) is 19.9 Å². The Morgan fingerprint density at radius 2 is 0.750 bits per heavy atom. The molecule has 0 saturated heterocycles. The molecule has 0 atom stereocenters. The molecule has 0 bridgehead atoms. The fourth-order valence-electron chi connectivity index (χ4n) is 1.95. The molecular weight excluding hydrogens is 464 g/mol. The predicted molar refractivity (Wildman–Crippen MR) is 104 cm³/mol. The third-order valence-electron chi connectivity index (χ3n) is 2.85. The molecule has 130 valence electrons. The van der Waals surface area contributed by atoms with Crippen molar-refractivity contribution >= 4 is 73.5 Å². The number of imidazole rings is 2. The van der Waals surface area contributed by atoms with E-state index in [1.54, 1.807) is 0 Å². The van der Waals surface area contributed by atoms with Gasteiger partial charge in [-0.05, 0) is 48.7 Å². The largest absolute Gasteiger partial charge is 2.00 e. The van der Waals surface area contributed by atoms with Crippen molar-refractivity contribution in [2.75, 3.05) is 0 Å². The van der Waals surface area contributed by atoms with Crippen molar-refractivity contribution < 1.29 is 34.1 Å². The summed E-state index contributed by atoms with van der Waals surface area (Å²) in [6, 6.07) is 15.8. The Kier molecular flexibility index (Phi) is 12.9. The molecule has 24 heavy (non-hydrogen) atoms. The second-order valence-corrected chi connectivity index (χ2v) is 5.07. The number of rotatable bonds is 0. The molecule has 4 aromatic rings. The zero-order valence-electron chi connectivity index (χ0n) is 12.0. The van der Waals surface area contributed by atoms with E-state index >= 15 is 0 Å². The van der Waals surface area contributed by atoms with Crippen LogP contribution in [0.3, 0.4) is 0 Å². The average molecular weight is 478 g/mol. The van der Waals surface area contributed by atoms with Crippen LogP contribution in [0.15, 0.2) is 48.5 Å². The maximum Gasteiger partial charge on any atom is 2.00 e. The minimum atomic E-state index is 0. The number of aromatic amines is 4. The van der Waals surface area contributed by atoms with E-state index in [0.29, 0.717) is 9.54 Å². The van der Waals surface area contributed by atoms with Crippen molar-refractivity contribution in [2.24, 2.45) is 0 Å². The summed E-state index contributed by atoms with van der Waals surface area (Å²) >= 11 is 9.80. The molecule has 2 aromatic heterocycles. The van der Waals surface area contributed by atoms with Gasteiger partial charge in [-0.1, -0.05) is 24.3 Å². The van der Waals surface area contributed by atoms with Gasteiger partial charge in [0.05, 0.1) is 22.1 Å². The summed E-state index contributed by atoms with van der Waals surface area (Å²) in [5, 5.41) is 0. The smallest absolute Gasteiger partial charge is 0.813 e. The molecule has 0 aliphatic heterocycles. The normalized spacial score (nSPS) is 8.67. The Labute approximate surface area is 184 Å². The first-order valence-electron chi connectivity index (χ1n) is 6.06. The van der Waals surface area contributed by atoms with Crippen LogP contribution in [0, 0.1) is 9.54 Å². The Morgan fingerprint density at radius 1 is 0.542 bits per heavy atom. The van der Waals surface area contributed by atoms with Crippen LogP contribution in [0.2, 0.25) is 0 Å². The van der Waals surface area contributed by atoms with E-state index in [-0.39, 0.29) is 61.1 Å². The van der Waals surface area contributed by atoms with Crippen LogP contribution >= 0.6 is 24.4 Å². The summed E-state index contributed by atoms with van der Waals surface area (Å²) < 4.78 is 1.36. The van der Waals surface area contributed by atoms with Crippen molar-refractivity contribution in [3.05, 3.63) is 58.1 Å². The van der Waals surface area contributed by atoms with Crippen molar-refractivity contribution in [1.29, 1.82) is 0 Å². The van der Waals surface area contributed by atoms with E-state index in [0.717, 1.165) is 22.1 Å². The van der Waals surface area contributed by atoms with Gasteiger partial charge < -0.3 is 46.9 Å². The Hall–Kier alpha value is -0.441. The number of fused-ring (bicyclic) bond motifs is 2. The topological polar surface area (TPSA) is 63.2 Å². The number of hydrogen-bond donors (Lipinski definition) is 4. The number of aromatic nitrogens is 4. The predicted octanol–water partition coefficient (Wildman–Crippen LogP) is 3.91. The van der Waals surface area contributed by atoms with Crippen LogP contribution < -0.4 is 0 Å². The fraction of sp³-hybridized carbons (Fsp3) is 0. The van der Waals surface area contributed by atoms with E-state index in [1.807, 2.05) is 48.5 Å². The number of nitrogens with one attached hydrogen (secondary N) is 4. The molecule has 0 spiro atoms. The van der Waals surface area contributed by atoms with Crippen LogP contribution in [0.5, 0.6) is 0 Å². The third kappa shape index (κ3) is 6.46. The molecule has 0 radical (unpaired) electrons. The summed E-state index contributed by atoms with van der Waals surface area (Å²) in [5.74, 6) is 0. The second kappa shape index (κ2) is 12.0. The fourth-order valence-corrected chi connectivity index (χ4v) is 2.39. The number of H-pyrrole nitrogens is 4. The van der Waals surface area contributed by atoms with Gasteiger partial charge in [0.15, 0.2) is 9.54 Å². The van der Waals surface area contributed by atoms with E-state index in [9.17, 15) is 0 Å². The maximum absolute atomic E-state index is 4.90. The molecule has 0 unspecified atom stereocenters. The van der Waals surface area contributed by atoms with Crippen molar-refractivity contribution in [3.8, 4) is 0 Å². The first-order chi connectivity index (χ1) is 9.72. The SMILES string of the molecule is S=c1[nH]c2ccccc2[nH]1.S=c1[nH]c2ccccc2[nH]1.[Fe+2].[Fe].[SH-].[SH-]. The second-order valence-electron chi connectivity index (χ2n) is 4.25. The first-order valence-corrected chi connectivity index (χ1v) is 6.88. The molecule has 4 N–H and O–H groups in total. The van der Waals surface area contributed by atoms with Crippen LogP contribution in [-0.2, 0) is 61.1 Å². The van der Waals surface area contributed by atoms with Crippen LogP contribution in [-0.4, -0.2) is 19.9 Å². The zero-order valence-corrected chi connectivity index (χ0v) is 17.7. The molecule has 4 nitrogen and oxygen atoms in total. The van der Waals surface area contributed by atoms with Gasteiger partial charge in [-0.25, -0.2) is 0 Å². The Morgan fingerprint density at radius 3 is 0.958 bits per heavy atom. The first kappa shape index (κ1) is 25.8. The van der Waals surface area contributed by atoms with Gasteiger partial charge in [0, 0.05) is 17.1 Å². The number of benzene rings is 2. The molecule has 0 saturated carbocycles. The van der Waals surface area contributed by atoms with Gasteiger partial charge >= 0.3 is 17.1 Å². The van der Waals surface area contributed by atoms with Gasteiger partial charge in [-0.15, -0.1) is 0 Å².